The van der Waals surface area contributed by atoms with Gasteiger partial charge in [-0.05, 0) is 73.5 Å². The van der Waals surface area contributed by atoms with E-state index in [2.05, 4.69) is 5.32 Å². The topological polar surface area (TPSA) is 46.2 Å². The van der Waals surface area contributed by atoms with Crippen LogP contribution in [0, 0.1) is 19.7 Å². The molecule has 0 spiro atoms. The molecule has 0 heterocycles. The molecule has 0 saturated heterocycles. The van der Waals surface area contributed by atoms with Crippen molar-refractivity contribution >= 4 is 45.6 Å². The Hall–Kier alpha value is -2.69. The molecular formula is C22H16Cl2FNO2. The Morgan fingerprint density at radius 2 is 1.71 bits per heavy atom. The molecule has 3 nitrogen and oxygen atoms in total. The predicted octanol–water partition coefficient (Wildman–Crippen LogP) is 6.45. The third-order valence-corrected chi connectivity index (χ3v) is 5.00. The SMILES string of the molecule is Cc1ccc(C(=O)Cl)cc1C(=O)c1ccc(Nc2cccc(F)c2C)cc1Cl. The summed E-state index contributed by atoms with van der Waals surface area (Å²) < 4.78 is 13.7. The molecule has 0 amide bonds. The summed E-state index contributed by atoms with van der Waals surface area (Å²) >= 11 is 11.9. The summed E-state index contributed by atoms with van der Waals surface area (Å²) in [6, 6.07) is 14.3. The first-order valence-electron chi connectivity index (χ1n) is 8.45. The molecule has 1 N–H and O–H groups in total. The van der Waals surface area contributed by atoms with Gasteiger partial charge < -0.3 is 5.32 Å². The highest BCUT2D eigenvalue weighted by molar-refractivity contribution is 6.67. The van der Waals surface area contributed by atoms with Crippen LogP contribution in [0.25, 0.3) is 0 Å². The van der Waals surface area contributed by atoms with Crippen molar-refractivity contribution in [3.05, 3.63) is 93.3 Å². The van der Waals surface area contributed by atoms with Crippen molar-refractivity contribution in [2.75, 3.05) is 5.32 Å². The molecule has 0 aliphatic carbocycles. The standard InChI is InChI=1S/C22H16Cl2FNO2/c1-12-6-7-14(22(24)28)10-17(12)21(27)16-9-8-15(11-18(16)23)26-20-5-3-4-19(25)13(20)2/h3-11,26H,1-2H3. The van der Waals surface area contributed by atoms with Crippen molar-refractivity contribution in [3.63, 3.8) is 0 Å². The third-order valence-electron chi connectivity index (χ3n) is 4.47. The Bertz CT molecular complexity index is 1100. The van der Waals surface area contributed by atoms with Crippen molar-refractivity contribution < 1.29 is 14.0 Å². The van der Waals surface area contributed by atoms with Crippen molar-refractivity contribution in [2.45, 2.75) is 13.8 Å². The van der Waals surface area contributed by atoms with Gasteiger partial charge in [0.2, 0.25) is 0 Å². The lowest BCUT2D eigenvalue weighted by Gasteiger charge is -2.12. The van der Waals surface area contributed by atoms with E-state index in [1.54, 1.807) is 56.3 Å². The van der Waals surface area contributed by atoms with E-state index in [-0.39, 0.29) is 22.2 Å². The van der Waals surface area contributed by atoms with Gasteiger partial charge in [0, 0.05) is 33.6 Å². The van der Waals surface area contributed by atoms with Crippen LogP contribution in [0.15, 0.2) is 54.6 Å². The van der Waals surface area contributed by atoms with E-state index in [9.17, 15) is 14.0 Å². The molecule has 0 aromatic heterocycles. The minimum Gasteiger partial charge on any atom is -0.355 e. The second-order valence-corrected chi connectivity index (χ2v) is 7.12. The Kier molecular flexibility index (Phi) is 5.82. The second kappa shape index (κ2) is 8.13. The lowest BCUT2D eigenvalue weighted by atomic mass is 9.97. The second-order valence-electron chi connectivity index (χ2n) is 6.36. The van der Waals surface area contributed by atoms with Gasteiger partial charge in [-0.2, -0.15) is 0 Å². The maximum Gasteiger partial charge on any atom is 0.252 e. The zero-order valence-electron chi connectivity index (χ0n) is 15.1. The van der Waals surface area contributed by atoms with Crippen molar-refractivity contribution in [1.82, 2.24) is 0 Å². The normalized spacial score (nSPS) is 10.6. The summed E-state index contributed by atoms with van der Waals surface area (Å²) in [5.41, 5.74) is 3.32. The summed E-state index contributed by atoms with van der Waals surface area (Å²) in [7, 11) is 0. The van der Waals surface area contributed by atoms with Crippen LogP contribution in [0.5, 0.6) is 0 Å². The van der Waals surface area contributed by atoms with Crippen molar-refractivity contribution in [2.24, 2.45) is 0 Å². The predicted molar refractivity (Wildman–Crippen MR) is 111 cm³/mol. The van der Waals surface area contributed by atoms with Crippen molar-refractivity contribution in [3.8, 4) is 0 Å². The van der Waals surface area contributed by atoms with Gasteiger partial charge in [-0.1, -0.05) is 23.7 Å². The molecule has 142 valence electrons. The highest BCUT2D eigenvalue weighted by atomic mass is 35.5. The fourth-order valence-electron chi connectivity index (χ4n) is 2.81. The van der Waals surface area contributed by atoms with Gasteiger partial charge in [0.25, 0.3) is 5.24 Å². The minimum atomic E-state index is -0.634. The first-order chi connectivity index (χ1) is 13.3. The molecule has 0 radical (unpaired) electrons. The number of aryl methyl sites for hydroxylation is 1. The quantitative estimate of drug-likeness (QED) is 0.384. The first-order valence-corrected chi connectivity index (χ1v) is 9.20. The van der Waals surface area contributed by atoms with E-state index in [1.165, 1.54) is 12.1 Å². The molecule has 0 aliphatic rings. The number of anilines is 2. The van der Waals surface area contributed by atoms with E-state index < -0.39 is 5.24 Å². The summed E-state index contributed by atoms with van der Waals surface area (Å²) in [5, 5.41) is 2.70. The Balaban J connectivity index is 1.92. The maximum absolute atomic E-state index is 13.7. The maximum atomic E-state index is 13.7. The molecule has 0 unspecified atom stereocenters. The monoisotopic (exact) mass is 415 g/mol. The zero-order chi connectivity index (χ0) is 20.4. The minimum absolute atomic E-state index is 0.242. The molecule has 0 atom stereocenters. The highest BCUT2D eigenvalue weighted by Crippen LogP contribution is 2.28. The van der Waals surface area contributed by atoms with Crippen LogP contribution in [0.2, 0.25) is 5.02 Å². The van der Waals surface area contributed by atoms with E-state index in [0.717, 1.165) is 0 Å². The van der Waals surface area contributed by atoms with Gasteiger partial charge in [0.1, 0.15) is 5.82 Å². The average Bonchev–Trinajstić information content (AvgIpc) is 2.65. The fourth-order valence-corrected chi connectivity index (χ4v) is 3.19. The summed E-state index contributed by atoms with van der Waals surface area (Å²) in [5.74, 6) is -0.622. The molecule has 3 aromatic rings. The molecule has 6 heteroatoms. The number of hydrogen-bond donors (Lipinski definition) is 1. The molecule has 28 heavy (non-hydrogen) atoms. The smallest absolute Gasteiger partial charge is 0.252 e. The van der Waals surface area contributed by atoms with Gasteiger partial charge in [0.05, 0.1) is 5.02 Å². The Morgan fingerprint density at radius 3 is 2.39 bits per heavy atom. The highest BCUT2D eigenvalue weighted by Gasteiger charge is 2.17. The van der Waals surface area contributed by atoms with Crippen LogP contribution in [-0.4, -0.2) is 11.0 Å². The van der Waals surface area contributed by atoms with Crippen LogP contribution >= 0.6 is 23.2 Å². The number of carbonyl (C=O) groups excluding carboxylic acids is 2. The number of nitrogens with one attached hydrogen (secondary N) is 1. The first kappa shape index (κ1) is 20.1. The van der Waals surface area contributed by atoms with Gasteiger partial charge in [-0.15, -0.1) is 0 Å². The Morgan fingerprint density at radius 1 is 0.964 bits per heavy atom. The molecular weight excluding hydrogens is 400 g/mol. The molecule has 3 rings (SSSR count). The molecule has 0 fully saturated rings. The van der Waals surface area contributed by atoms with Gasteiger partial charge in [-0.25, -0.2) is 4.39 Å². The summed E-state index contributed by atoms with van der Waals surface area (Å²) in [6.45, 7) is 3.44. The zero-order valence-corrected chi connectivity index (χ0v) is 16.7. The van der Waals surface area contributed by atoms with Crippen LogP contribution in [0.3, 0.4) is 0 Å². The number of ketones is 1. The number of carbonyl (C=O) groups is 2. The lowest BCUT2D eigenvalue weighted by Crippen LogP contribution is -2.06. The van der Waals surface area contributed by atoms with Crippen LogP contribution in [-0.2, 0) is 0 Å². The molecule has 0 saturated carbocycles. The van der Waals surface area contributed by atoms with Crippen LogP contribution in [0.4, 0.5) is 15.8 Å². The molecule has 3 aromatic carbocycles. The Labute approximate surface area is 172 Å². The van der Waals surface area contributed by atoms with Crippen LogP contribution in [0.1, 0.15) is 37.4 Å². The largest absolute Gasteiger partial charge is 0.355 e. The van der Waals surface area contributed by atoms with E-state index in [4.69, 9.17) is 23.2 Å². The number of halogens is 3. The third kappa shape index (κ3) is 4.08. The van der Waals surface area contributed by atoms with Gasteiger partial charge >= 0.3 is 0 Å². The summed E-state index contributed by atoms with van der Waals surface area (Å²) in [4.78, 5) is 24.3. The average molecular weight is 416 g/mol. The van der Waals surface area contributed by atoms with Crippen molar-refractivity contribution in [1.29, 1.82) is 0 Å². The number of hydrogen-bond acceptors (Lipinski definition) is 3. The molecule has 0 aliphatic heterocycles. The summed E-state index contributed by atoms with van der Waals surface area (Å²) in [6.07, 6.45) is 0. The van der Waals surface area contributed by atoms with Gasteiger partial charge in [-0.3, -0.25) is 9.59 Å². The molecule has 0 bridgehead atoms. The number of benzene rings is 3. The van der Waals surface area contributed by atoms with E-state index >= 15 is 0 Å². The number of rotatable bonds is 5. The van der Waals surface area contributed by atoms with Gasteiger partial charge in [0.15, 0.2) is 5.78 Å². The van der Waals surface area contributed by atoms with Crippen LogP contribution < -0.4 is 5.32 Å². The van der Waals surface area contributed by atoms with E-state index in [0.29, 0.717) is 33.6 Å². The lowest BCUT2D eigenvalue weighted by molar-refractivity contribution is 0.103. The fraction of sp³-hybridized carbons (Fsp3) is 0.0909. The van der Waals surface area contributed by atoms with E-state index in [1.807, 2.05) is 0 Å².